The molecule has 1 saturated carbocycles. The third kappa shape index (κ3) is 2.13. The van der Waals surface area contributed by atoms with Crippen LogP contribution in [0.3, 0.4) is 0 Å². The molecule has 0 radical (unpaired) electrons. The summed E-state index contributed by atoms with van der Waals surface area (Å²) in [5, 5.41) is 0. The molecule has 1 nitrogen and oxygen atoms in total. The molecule has 0 aromatic heterocycles. The van der Waals surface area contributed by atoms with E-state index < -0.39 is 0 Å². The van der Waals surface area contributed by atoms with Crippen molar-refractivity contribution in [2.75, 3.05) is 6.54 Å². The third-order valence-electron chi connectivity index (χ3n) is 4.53. The first-order chi connectivity index (χ1) is 8.24. The van der Waals surface area contributed by atoms with Gasteiger partial charge in [-0.3, -0.25) is 4.90 Å². The SMILES string of the molecule is CC(C)c1ccc2c(c1)CCN(C1CCC1)C2. The van der Waals surface area contributed by atoms with E-state index in [2.05, 4.69) is 36.9 Å². The van der Waals surface area contributed by atoms with Crippen LogP contribution >= 0.6 is 0 Å². The molecule has 1 aromatic rings. The first-order valence-corrected chi connectivity index (χ1v) is 7.10. The molecule has 1 aliphatic carbocycles. The highest BCUT2D eigenvalue weighted by Gasteiger charge is 2.27. The topological polar surface area (TPSA) is 3.24 Å². The van der Waals surface area contributed by atoms with Gasteiger partial charge in [0, 0.05) is 19.1 Å². The molecule has 1 heteroatoms. The zero-order chi connectivity index (χ0) is 11.8. The van der Waals surface area contributed by atoms with Crippen LogP contribution < -0.4 is 0 Å². The number of rotatable bonds is 2. The molecule has 3 rings (SSSR count). The van der Waals surface area contributed by atoms with Gasteiger partial charge in [0.05, 0.1) is 0 Å². The zero-order valence-electron chi connectivity index (χ0n) is 11.1. The van der Waals surface area contributed by atoms with Crippen molar-refractivity contribution in [2.24, 2.45) is 0 Å². The molecule has 0 amide bonds. The summed E-state index contributed by atoms with van der Waals surface area (Å²) < 4.78 is 0. The fourth-order valence-corrected chi connectivity index (χ4v) is 3.02. The molecule has 1 aliphatic heterocycles. The second kappa shape index (κ2) is 4.45. The van der Waals surface area contributed by atoms with E-state index in [0.29, 0.717) is 5.92 Å². The van der Waals surface area contributed by atoms with Gasteiger partial charge in [0.1, 0.15) is 0 Å². The van der Waals surface area contributed by atoms with Gasteiger partial charge in [-0.1, -0.05) is 38.5 Å². The van der Waals surface area contributed by atoms with Crippen LogP contribution in [0.5, 0.6) is 0 Å². The predicted octanol–water partition coefficient (Wildman–Crippen LogP) is 3.72. The Balaban J connectivity index is 1.78. The van der Waals surface area contributed by atoms with E-state index in [-0.39, 0.29) is 0 Å². The molecule has 0 bridgehead atoms. The Kier molecular flexibility index (Phi) is 2.96. The molecule has 1 aromatic carbocycles. The van der Waals surface area contributed by atoms with Gasteiger partial charge in [0.2, 0.25) is 0 Å². The highest BCUT2D eigenvalue weighted by Crippen LogP contribution is 2.30. The van der Waals surface area contributed by atoms with Crippen LogP contribution in [0.25, 0.3) is 0 Å². The van der Waals surface area contributed by atoms with E-state index in [1.54, 1.807) is 11.1 Å². The van der Waals surface area contributed by atoms with Crippen molar-refractivity contribution in [3.05, 3.63) is 34.9 Å². The summed E-state index contributed by atoms with van der Waals surface area (Å²) in [5.74, 6) is 0.657. The maximum absolute atomic E-state index is 2.70. The van der Waals surface area contributed by atoms with Crippen molar-refractivity contribution in [2.45, 2.75) is 58.0 Å². The van der Waals surface area contributed by atoms with Gasteiger partial charge in [-0.2, -0.15) is 0 Å². The smallest absolute Gasteiger partial charge is 0.0239 e. The second-order valence-corrected chi connectivity index (χ2v) is 5.99. The van der Waals surface area contributed by atoms with E-state index in [1.807, 2.05) is 0 Å². The zero-order valence-corrected chi connectivity index (χ0v) is 11.1. The standard InChI is InChI=1S/C16H23N/c1-12(2)13-6-7-15-11-17(16-4-3-5-16)9-8-14(15)10-13/h6-7,10,12,16H,3-5,8-9,11H2,1-2H3. The number of hydrogen-bond acceptors (Lipinski definition) is 1. The lowest BCUT2D eigenvalue weighted by Gasteiger charge is -2.40. The molecule has 0 atom stereocenters. The Hall–Kier alpha value is -0.820. The molecular formula is C16H23N. The summed E-state index contributed by atoms with van der Waals surface area (Å²) in [6.07, 6.45) is 5.56. The van der Waals surface area contributed by atoms with Crippen LogP contribution in [0, 0.1) is 0 Å². The Labute approximate surface area is 105 Å². The van der Waals surface area contributed by atoms with Crippen molar-refractivity contribution in [1.29, 1.82) is 0 Å². The Morgan fingerprint density at radius 2 is 2.00 bits per heavy atom. The minimum Gasteiger partial charge on any atom is -0.296 e. The third-order valence-corrected chi connectivity index (χ3v) is 4.53. The number of fused-ring (bicyclic) bond motifs is 1. The largest absolute Gasteiger partial charge is 0.296 e. The summed E-state index contributed by atoms with van der Waals surface area (Å²) in [7, 11) is 0. The molecule has 0 N–H and O–H groups in total. The van der Waals surface area contributed by atoms with Crippen LogP contribution in [-0.4, -0.2) is 17.5 Å². The van der Waals surface area contributed by atoms with E-state index >= 15 is 0 Å². The lowest BCUT2D eigenvalue weighted by atomic mass is 9.87. The average Bonchev–Trinajstić information content (AvgIpc) is 2.26. The first-order valence-electron chi connectivity index (χ1n) is 7.10. The lowest BCUT2D eigenvalue weighted by molar-refractivity contribution is 0.113. The van der Waals surface area contributed by atoms with Crippen molar-refractivity contribution < 1.29 is 0 Å². The van der Waals surface area contributed by atoms with E-state index in [0.717, 1.165) is 6.04 Å². The van der Waals surface area contributed by atoms with E-state index in [4.69, 9.17) is 0 Å². The Morgan fingerprint density at radius 1 is 1.18 bits per heavy atom. The quantitative estimate of drug-likeness (QED) is 0.747. The maximum Gasteiger partial charge on any atom is 0.0239 e. The van der Waals surface area contributed by atoms with Gasteiger partial charge >= 0.3 is 0 Å². The minimum absolute atomic E-state index is 0.657. The lowest BCUT2D eigenvalue weighted by Crippen LogP contribution is -2.43. The highest BCUT2D eigenvalue weighted by atomic mass is 15.2. The highest BCUT2D eigenvalue weighted by molar-refractivity contribution is 5.35. The fraction of sp³-hybridized carbons (Fsp3) is 0.625. The van der Waals surface area contributed by atoms with Gasteiger partial charge < -0.3 is 0 Å². The van der Waals surface area contributed by atoms with Crippen LogP contribution in [0.4, 0.5) is 0 Å². The van der Waals surface area contributed by atoms with Crippen LogP contribution in [0.1, 0.15) is 55.7 Å². The summed E-state index contributed by atoms with van der Waals surface area (Å²) >= 11 is 0. The minimum atomic E-state index is 0.657. The Bertz CT molecular complexity index is 404. The maximum atomic E-state index is 2.70. The molecule has 1 heterocycles. The predicted molar refractivity (Wildman–Crippen MR) is 72.3 cm³/mol. The van der Waals surface area contributed by atoms with Crippen molar-refractivity contribution >= 4 is 0 Å². The van der Waals surface area contributed by atoms with Crippen molar-refractivity contribution in [3.63, 3.8) is 0 Å². The summed E-state index contributed by atoms with van der Waals surface area (Å²) in [6, 6.07) is 8.04. The molecule has 0 saturated heterocycles. The van der Waals surface area contributed by atoms with Crippen molar-refractivity contribution in [1.82, 2.24) is 4.90 Å². The first kappa shape index (κ1) is 11.3. The fourth-order valence-electron chi connectivity index (χ4n) is 3.02. The molecule has 0 spiro atoms. The van der Waals surface area contributed by atoms with Crippen LogP contribution in [0.15, 0.2) is 18.2 Å². The summed E-state index contributed by atoms with van der Waals surface area (Å²) in [4.78, 5) is 2.70. The molecule has 17 heavy (non-hydrogen) atoms. The normalized spacial score (nSPS) is 21.4. The van der Waals surface area contributed by atoms with Crippen LogP contribution in [-0.2, 0) is 13.0 Å². The molecular weight excluding hydrogens is 206 g/mol. The monoisotopic (exact) mass is 229 g/mol. The van der Waals surface area contributed by atoms with Gasteiger partial charge in [-0.05, 0) is 41.9 Å². The summed E-state index contributed by atoms with van der Waals surface area (Å²) in [6.45, 7) is 7.04. The van der Waals surface area contributed by atoms with Gasteiger partial charge in [-0.25, -0.2) is 0 Å². The van der Waals surface area contributed by atoms with Gasteiger partial charge in [0.15, 0.2) is 0 Å². The second-order valence-electron chi connectivity index (χ2n) is 5.99. The number of nitrogens with zero attached hydrogens (tertiary/aromatic N) is 1. The van der Waals surface area contributed by atoms with E-state index in [9.17, 15) is 0 Å². The molecule has 1 fully saturated rings. The molecule has 0 unspecified atom stereocenters. The summed E-state index contributed by atoms with van der Waals surface area (Å²) in [5.41, 5.74) is 4.68. The van der Waals surface area contributed by atoms with Crippen LogP contribution in [0.2, 0.25) is 0 Å². The number of benzene rings is 1. The Morgan fingerprint density at radius 3 is 2.65 bits per heavy atom. The average molecular weight is 229 g/mol. The number of hydrogen-bond donors (Lipinski definition) is 0. The van der Waals surface area contributed by atoms with Crippen molar-refractivity contribution in [3.8, 4) is 0 Å². The van der Waals surface area contributed by atoms with Gasteiger partial charge in [-0.15, -0.1) is 0 Å². The van der Waals surface area contributed by atoms with E-state index in [1.165, 1.54) is 44.3 Å². The molecule has 92 valence electrons. The van der Waals surface area contributed by atoms with Gasteiger partial charge in [0.25, 0.3) is 0 Å². The molecule has 2 aliphatic rings.